The summed E-state index contributed by atoms with van der Waals surface area (Å²) in [6.45, 7) is 3.65. The van der Waals surface area contributed by atoms with Crippen molar-refractivity contribution in [1.29, 1.82) is 0 Å². The zero-order valence-corrected chi connectivity index (χ0v) is 19.1. The second kappa shape index (κ2) is 9.47. The van der Waals surface area contributed by atoms with Crippen molar-refractivity contribution in [3.8, 4) is 0 Å². The van der Waals surface area contributed by atoms with Crippen LogP contribution in [0, 0.1) is 12.8 Å². The molecule has 0 saturated carbocycles. The fourth-order valence-electron chi connectivity index (χ4n) is 4.42. The molecular formula is C27H27N5O2. The summed E-state index contributed by atoms with van der Waals surface area (Å²) < 4.78 is 1.70. The van der Waals surface area contributed by atoms with Crippen molar-refractivity contribution in [2.45, 2.75) is 26.3 Å². The van der Waals surface area contributed by atoms with Gasteiger partial charge in [-0.05, 0) is 49.6 Å². The molecule has 0 radical (unpaired) electrons. The van der Waals surface area contributed by atoms with E-state index in [0.717, 1.165) is 16.8 Å². The lowest BCUT2D eigenvalue weighted by molar-refractivity contribution is -0.120. The molecule has 0 spiro atoms. The molecule has 2 aromatic heterocycles. The minimum Gasteiger partial charge on any atom is -0.352 e. The van der Waals surface area contributed by atoms with Crippen LogP contribution in [-0.4, -0.2) is 33.5 Å². The Balaban J connectivity index is 1.36. The van der Waals surface area contributed by atoms with E-state index in [1.165, 1.54) is 0 Å². The average Bonchev–Trinajstić information content (AvgIpc) is 2.87. The van der Waals surface area contributed by atoms with Crippen molar-refractivity contribution in [3.05, 3.63) is 94.4 Å². The lowest BCUT2D eigenvalue weighted by Crippen LogP contribution is -2.42. The Hall–Kier alpha value is -4.00. The van der Waals surface area contributed by atoms with Gasteiger partial charge in [-0.25, -0.2) is 9.97 Å². The van der Waals surface area contributed by atoms with Crippen LogP contribution < -0.4 is 15.8 Å². The maximum Gasteiger partial charge on any atom is 0.295 e. The summed E-state index contributed by atoms with van der Waals surface area (Å²) in [5, 5.41) is 3.02. The summed E-state index contributed by atoms with van der Waals surface area (Å²) >= 11 is 0. The molecule has 2 aromatic carbocycles. The Morgan fingerprint density at radius 3 is 2.47 bits per heavy atom. The monoisotopic (exact) mass is 453 g/mol. The van der Waals surface area contributed by atoms with Gasteiger partial charge in [-0.1, -0.05) is 48.0 Å². The van der Waals surface area contributed by atoms with Crippen LogP contribution >= 0.6 is 0 Å². The van der Waals surface area contributed by atoms with E-state index in [1.54, 1.807) is 10.8 Å². The molecule has 34 heavy (non-hydrogen) atoms. The van der Waals surface area contributed by atoms with Gasteiger partial charge in [-0.15, -0.1) is 0 Å². The molecule has 4 aromatic rings. The van der Waals surface area contributed by atoms with Crippen LogP contribution in [0.5, 0.6) is 0 Å². The van der Waals surface area contributed by atoms with Gasteiger partial charge in [0.1, 0.15) is 5.52 Å². The number of hydrogen-bond acceptors (Lipinski definition) is 5. The highest BCUT2D eigenvalue weighted by molar-refractivity contribution is 5.92. The van der Waals surface area contributed by atoms with E-state index in [4.69, 9.17) is 0 Å². The van der Waals surface area contributed by atoms with Gasteiger partial charge in [0.25, 0.3) is 5.56 Å². The van der Waals surface area contributed by atoms with Gasteiger partial charge in [0.15, 0.2) is 11.5 Å². The number of benzene rings is 2. The van der Waals surface area contributed by atoms with Gasteiger partial charge < -0.3 is 10.2 Å². The highest BCUT2D eigenvalue weighted by atomic mass is 16.2. The quantitative estimate of drug-likeness (QED) is 0.494. The van der Waals surface area contributed by atoms with Crippen LogP contribution in [0.3, 0.4) is 0 Å². The van der Waals surface area contributed by atoms with Crippen LogP contribution in [0.1, 0.15) is 24.0 Å². The molecule has 5 rings (SSSR count). The van der Waals surface area contributed by atoms with Crippen molar-refractivity contribution >= 4 is 28.6 Å². The fraction of sp³-hybridized carbons (Fsp3) is 0.259. The van der Waals surface area contributed by atoms with Crippen LogP contribution in [0.4, 0.5) is 11.5 Å². The number of nitrogens with zero attached hydrogens (tertiary/aromatic N) is 4. The molecule has 3 heterocycles. The third-order valence-corrected chi connectivity index (χ3v) is 6.35. The van der Waals surface area contributed by atoms with Crippen molar-refractivity contribution in [3.63, 3.8) is 0 Å². The van der Waals surface area contributed by atoms with Crippen LogP contribution in [-0.2, 0) is 11.3 Å². The van der Waals surface area contributed by atoms with E-state index < -0.39 is 0 Å². The first kappa shape index (κ1) is 21.8. The van der Waals surface area contributed by atoms with Gasteiger partial charge in [-0.2, -0.15) is 0 Å². The summed E-state index contributed by atoms with van der Waals surface area (Å²) in [4.78, 5) is 37.4. The lowest BCUT2D eigenvalue weighted by atomic mass is 9.95. The summed E-state index contributed by atoms with van der Waals surface area (Å²) in [5.74, 6) is 0.362. The number of fused-ring (bicyclic) bond motifs is 1. The number of aromatic nitrogens is 3. The highest BCUT2D eigenvalue weighted by Crippen LogP contribution is 2.23. The zero-order chi connectivity index (χ0) is 23.5. The molecule has 172 valence electrons. The van der Waals surface area contributed by atoms with E-state index in [9.17, 15) is 9.59 Å². The summed E-state index contributed by atoms with van der Waals surface area (Å²) in [5.41, 5.74) is 4.10. The molecule has 0 unspecified atom stereocenters. The van der Waals surface area contributed by atoms with Gasteiger partial charge in [0.2, 0.25) is 5.91 Å². The Morgan fingerprint density at radius 2 is 1.74 bits per heavy atom. The molecule has 0 atom stereocenters. The SMILES string of the molecule is Cc1ccc(NC(=O)C2CCN(c3nc4cccnc4n(Cc4ccccc4)c3=O)CC2)cc1. The normalized spacial score (nSPS) is 14.3. The topological polar surface area (TPSA) is 80.1 Å². The first-order chi connectivity index (χ1) is 16.6. The predicted octanol–water partition coefficient (Wildman–Crippen LogP) is 4.00. The number of hydrogen-bond donors (Lipinski definition) is 1. The number of rotatable bonds is 5. The van der Waals surface area contributed by atoms with E-state index in [1.807, 2.05) is 78.6 Å². The van der Waals surface area contributed by atoms with Crippen molar-refractivity contribution in [2.75, 3.05) is 23.3 Å². The minimum atomic E-state index is -0.155. The van der Waals surface area contributed by atoms with Gasteiger partial charge in [-0.3, -0.25) is 14.2 Å². The first-order valence-electron chi connectivity index (χ1n) is 11.6. The van der Waals surface area contributed by atoms with Crippen LogP contribution in [0.15, 0.2) is 77.7 Å². The smallest absolute Gasteiger partial charge is 0.295 e. The fourth-order valence-corrected chi connectivity index (χ4v) is 4.42. The second-order valence-electron chi connectivity index (χ2n) is 8.78. The third kappa shape index (κ3) is 4.55. The Kier molecular flexibility index (Phi) is 6.08. The van der Waals surface area contributed by atoms with E-state index >= 15 is 0 Å². The molecule has 1 aliphatic heterocycles. The number of amides is 1. The molecule has 1 amide bonds. The number of nitrogens with one attached hydrogen (secondary N) is 1. The molecule has 1 saturated heterocycles. The Morgan fingerprint density at radius 1 is 1.00 bits per heavy atom. The number of piperidine rings is 1. The summed E-state index contributed by atoms with van der Waals surface area (Å²) in [7, 11) is 0. The van der Waals surface area contributed by atoms with Gasteiger partial charge >= 0.3 is 0 Å². The number of aryl methyl sites for hydroxylation is 1. The summed E-state index contributed by atoms with van der Waals surface area (Å²) in [6.07, 6.45) is 3.02. The third-order valence-electron chi connectivity index (χ3n) is 6.35. The number of carbonyl (C=O) groups excluding carboxylic acids is 1. The largest absolute Gasteiger partial charge is 0.352 e. The lowest BCUT2D eigenvalue weighted by Gasteiger charge is -2.32. The maximum atomic E-state index is 13.5. The first-order valence-corrected chi connectivity index (χ1v) is 11.6. The van der Waals surface area contributed by atoms with Gasteiger partial charge in [0.05, 0.1) is 6.54 Å². The number of carbonyl (C=O) groups is 1. The predicted molar refractivity (Wildman–Crippen MR) is 134 cm³/mol. The molecule has 0 bridgehead atoms. The molecule has 7 heteroatoms. The van der Waals surface area contributed by atoms with Crippen molar-refractivity contribution in [2.24, 2.45) is 5.92 Å². The highest BCUT2D eigenvalue weighted by Gasteiger charge is 2.28. The molecule has 0 aliphatic carbocycles. The molecule has 1 fully saturated rings. The van der Waals surface area contributed by atoms with Crippen LogP contribution in [0.25, 0.3) is 11.2 Å². The zero-order valence-electron chi connectivity index (χ0n) is 19.1. The van der Waals surface area contributed by atoms with Crippen LogP contribution in [0.2, 0.25) is 0 Å². The molecule has 7 nitrogen and oxygen atoms in total. The van der Waals surface area contributed by atoms with E-state index in [-0.39, 0.29) is 17.4 Å². The molecular weight excluding hydrogens is 426 g/mol. The second-order valence-corrected chi connectivity index (χ2v) is 8.78. The van der Waals surface area contributed by atoms with Crippen molar-refractivity contribution in [1.82, 2.24) is 14.5 Å². The van der Waals surface area contributed by atoms with Gasteiger partial charge in [0, 0.05) is 30.9 Å². The molecule has 1 aliphatic rings. The average molecular weight is 454 g/mol. The molecule has 1 N–H and O–H groups in total. The number of anilines is 2. The Bertz CT molecular complexity index is 1360. The van der Waals surface area contributed by atoms with E-state index in [0.29, 0.717) is 49.5 Å². The van der Waals surface area contributed by atoms with E-state index in [2.05, 4.69) is 15.3 Å². The Labute approximate surface area is 198 Å². The van der Waals surface area contributed by atoms with Crippen molar-refractivity contribution < 1.29 is 4.79 Å². The maximum absolute atomic E-state index is 13.5. The standard InChI is InChI=1S/C27H27N5O2/c1-19-9-11-22(12-10-19)29-26(33)21-13-16-31(17-14-21)25-27(34)32(18-20-6-3-2-4-7-20)24-23(30-25)8-5-15-28-24/h2-12,15,21H,13-14,16-18H2,1H3,(H,29,33). The number of pyridine rings is 1. The minimum absolute atomic E-state index is 0.0284. The summed E-state index contributed by atoms with van der Waals surface area (Å²) in [6, 6.07) is 21.4.